The maximum atomic E-state index is 8.89. The van der Waals surface area contributed by atoms with Gasteiger partial charge in [-0.1, -0.05) is 45.9 Å². The van der Waals surface area contributed by atoms with Gasteiger partial charge in [-0.25, -0.2) is 9.97 Å². The molecule has 3 aromatic rings. The van der Waals surface area contributed by atoms with Crippen LogP contribution in [-0.2, 0) is 0 Å². The van der Waals surface area contributed by atoms with Crippen molar-refractivity contribution in [2.45, 2.75) is 65.5 Å². The van der Waals surface area contributed by atoms with Crippen molar-refractivity contribution < 1.29 is 4.74 Å². The van der Waals surface area contributed by atoms with Crippen molar-refractivity contribution in [1.82, 2.24) is 20.2 Å². The molecule has 2 aliphatic heterocycles. The van der Waals surface area contributed by atoms with Gasteiger partial charge in [-0.2, -0.15) is 0 Å². The van der Waals surface area contributed by atoms with Crippen LogP contribution in [0.15, 0.2) is 60.9 Å². The lowest BCUT2D eigenvalue weighted by molar-refractivity contribution is -0.00120. The molecule has 0 bridgehead atoms. The minimum absolute atomic E-state index is 0.304. The summed E-state index contributed by atoms with van der Waals surface area (Å²) in [7, 11) is 0. The average molecular weight is 544 g/mol. The van der Waals surface area contributed by atoms with E-state index in [9.17, 15) is 0 Å². The summed E-state index contributed by atoms with van der Waals surface area (Å²) >= 11 is 0. The van der Waals surface area contributed by atoms with Gasteiger partial charge in [0.1, 0.15) is 29.5 Å². The van der Waals surface area contributed by atoms with Crippen molar-refractivity contribution in [3.63, 3.8) is 0 Å². The lowest BCUT2D eigenvalue weighted by Crippen LogP contribution is -2.61. The first-order chi connectivity index (χ1) is 19.6. The van der Waals surface area contributed by atoms with Gasteiger partial charge < -0.3 is 21.1 Å². The lowest BCUT2D eigenvalue weighted by Gasteiger charge is -2.54. The van der Waals surface area contributed by atoms with Crippen LogP contribution in [0.3, 0.4) is 0 Å². The topological polar surface area (TPSA) is 112 Å². The molecule has 0 unspecified atom stereocenters. The van der Waals surface area contributed by atoms with Gasteiger partial charge in [-0.3, -0.25) is 10.3 Å². The molecule has 3 aliphatic rings. The molecule has 40 heavy (non-hydrogen) atoms. The van der Waals surface area contributed by atoms with E-state index in [1.807, 2.05) is 82.3 Å². The third kappa shape index (κ3) is 6.62. The van der Waals surface area contributed by atoms with Gasteiger partial charge in [-0.15, -0.1) is 0 Å². The van der Waals surface area contributed by atoms with Crippen LogP contribution < -0.4 is 21.1 Å². The van der Waals surface area contributed by atoms with E-state index in [1.165, 1.54) is 32.3 Å². The molecule has 1 aliphatic carbocycles. The fourth-order valence-electron chi connectivity index (χ4n) is 5.80. The molecule has 2 saturated heterocycles. The molecule has 2 aromatic carbocycles. The van der Waals surface area contributed by atoms with Gasteiger partial charge in [-0.05, 0) is 80.6 Å². The number of hydrogen-bond donors (Lipinski definition) is 4. The van der Waals surface area contributed by atoms with Gasteiger partial charge in [0.05, 0.1) is 11.3 Å². The standard InChI is InChI=1S/C28H33N7O.2C2H6/c29-25(19-6-8-23(9-7-19)36-22-4-2-1-3-5-22)24-26(30)32-18-33-27(24)34-20-14-28(15-20)10-12-35(13-11-28)21-16-31-17-21;2*1-2/h1-9,18,20-21,29,31H,10-17H2,(H3,30,32,33,34);2*1-2H3. The Morgan fingerprint density at radius 1 is 0.950 bits per heavy atom. The van der Waals surface area contributed by atoms with E-state index in [4.69, 9.17) is 15.9 Å². The van der Waals surface area contributed by atoms with Crippen LogP contribution in [0.2, 0.25) is 0 Å². The van der Waals surface area contributed by atoms with Crippen LogP contribution in [0.1, 0.15) is 64.5 Å². The van der Waals surface area contributed by atoms with Crippen LogP contribution in [0.4, 0.5) is 11.6 Å². The second kappa shape index (κ2) is 13.7. The molecular formula is C32H45N7O. The molecule has 1 saturated carbocycles. The number of rotatable bonds is 7. The van der Waals surface area contributed by atoms with Gasteiger partial charge in [0.15, 0.2) is 0 Å². The molecule has 0 radical (unpaired) electrons. The highest BCUT2D eigenvalue weighted by Crippen LogP contribution is 2.50. The number of piperidine rings is 1. The quantitative estimate of drug-likeness (QED) is 0.273. The number of anilines is 2. The van der Waals surface area contributed by atoms with Crippen molar-refractivity contribution >= 4 is 17.3 Å². The Bertz CT molecular complexity index is 1210. The van der Waals surface area contributed by atoms with Crippen LogP contribution >= 0.6 is 0 Å². The third-order valence-corrected chi connectivity index (χ3v) is 8.08. The molecule has 1 aromatic heterocycles. The SMILES string of the molecule is CC.CC.N=C(c1ccc(Oc2ccccc2)cc1)c1c(N)ncnc1NC1CC2(CCN(C3CNC3)CC2)C1. The fourth-order valence-corrected chi connectivity index (χ4v) is 5.80. The Morgan fingerprint density at radius 2 is 1.57 bits per heavy atom. The Hall–Kier alpha value is -3.49. The molecule has 8 nitrogen and oxygen atoms in total. The van der Waals surface area contributed by atoms with Crippen molar-refractivity contribution in [2.24, 2.45) is 5.41 Å². The number of aromatic nitrogens is 2. The smallest absolute Gasteiger partial charge is 0.141 e. The monoisotopic (exact) mass is 543 g/mol. The minimum Gasteiger partial charge on any atom is -0.457 e. The summed E-state index contributed by atoms with van der Waals surface area (Å²) in [6, 6.07) is 18.2. The zero-order valence-corrected chi connectivity index (χ0v) is 24.4. The summed E-state index contributed by atoms with van der Waals surface area (Å²) in [6.45, 7) is 12.7. The molecular weight excluding hydrogens is 498 g/mol. The Kier molecular flexibility index (Phi) is 10.1. The Morgan fingerprint density at radius 3 is 2.17 bits per heavy atom. The van der Waals surface area contributed by atoms with E-state index in [1.54, 1.807) is 0 Å². The zero-order valence-electron chi connectivity index (χ0n) is 24.4. The fraction of sp³-hybridized carbons (Fsp3) is 0.469. The van der Waals surface area contributed by atoms with Gasteiger partial charge in [0, 0.05) is 30.7 Å². The summed E-state index contributed by atoms with van der Waals surface area (Å²) in [4.78, 5) is 11.3. The lowest BCUT2D eigenvalue weighted by atomic mass is 9.60. The summed E-state index contributed by atoms with van der Waals surface area (Å²) in [5, 5.41) is 15.9. The maximum absolute atomic E-state index is 8.89. The van der Waals surface area contributed by atoms with E-state index in [0.29, 0.717) is 40.1 Å². The number of hydrogen-bond acceptors (Lipinski definition) is 8. The van der Waals surface area contributed by atoms with Gasteiger partial charge >= 0.3 is 0 Å². The molecule has 8 heteroatoms. The van der Waals surface area contributed by atoms with Crippen LogP contribution in [0.5, 0.6) is 11.5 Å². The number of nitrogens with one attached hydrogen (secondary N) is 3. The van der Waals surface area contributed by atoms with E-state index in [2.05, 4.69) is 25.5 Å². The molecule has 214 valence electrons. The first kappa shape index (κ1) is 29.5. The predicted molar refractivity (Wildman–Crippen MR) is 165 cm³/mol. The van der Waals surface area contributed by atoms with Crippen LogP contribution in [0, 0.1) is 10.8 Å². The predicted octanol–water partition coefficient (Wildman–Crippen LogP) is 5.95. The number of nitrogen functional groups attached to an aromatic ring is 1. The number of nitrogens with zero attached hydrogens (tertiary/aromatic N) is 3. The third-order valence-electron chi connectivity index (χ3n) is 8.08. The van der Waals surface area contributed by atoms with E-state index < -0.39 is 0 Å². The maximum Gasteiger partial charge on any atom is 0.141 e. The molecule has 1 spiro atoms. The van der Waals surface area contributed by atoms with Gasteiger partial charge in [0.25, 0.3) is 0 Å². The van der Waals surface area contributed by atoms with E-state index in [-0.39, 0.29) is 0 Å². The molecule has 3 heterocycles. The Balaban J connectivity index is 0.000000886. The highest BCUT2D eigenvalue weighted by atomic mass is 16.5. The minimum atomic E-state index is 0.304. The van der Waals surface area contributed by atoms with Crippen molar-refractivity contribution in [2.75, 3.05) is 37.2 Å². The number of para-hydroxylation sites is 1. The number of likely N-dealkylation sites (tertiary alicyclic amines) is 1. The first-order valence-corrected chi connectivity index (χ1v) is 14.8. The summed E-state index contributed by atoms with van der Waals surface area (Å²) in [5.74, 6) is 2.46. The largest absolute Gasteiger partial charge is 0.457 e. The highest BCUT2D eigenvalue weighted by molar-refractivity contribution is 6.16. The summed E-state index contributed by atoms with van der Waals surface area (Å²) < 4.78 is 5.89. The van der Waals surface area contributed by atoms with Crippen molar-refractivity contribution in [1.29, 1.82) is 5.41 Å². The van der Waals surface area contributed by atoms with E-state index >= 15 is 0 Å². The van der Waals surface area contributed by atoms with E-state index in [0.717, 1.165) is 43.3 Å². The molecule has 0 amide bonds. The first-order valence-electron chi connectivity index (χ1n) is 14.8. The molecule has 3 fully saturated rings. The van der Waals surface area contributed by atoms with Crippen LogP contribution in [-0.4, -0.2) is 58.8 Å². The Labute approximate surface area is 239 Å². The second-order valence-electron chi connectivity index (χ2n) is 10.4. The normalized spacial score (nSPS) is 18.2. The van der Waals surface area contributed by atoms with Crippen molar-refractivity contribution in [3.8, 4) is 11.5 Å². The zero-order chi connectivity index (χ0) is 28.5. The average Bonchev–Trinajstić information content (AvgIpc) is 2.95. The number of ether oxygens (including phenoxy) is 1. The molecule has 6 rings (SSSR count). The summed E-state index contributed by atoms with van der Waals surface area (Å²) in [6.07, 6.45) is 6.31. The molecule has 5 N–H and O–H groups in total. The van der Waals surface area contributed by atoms with Crippen molar-refractivity contribution in [3.05, 3.63) is 72.1 Å². The number of benzene rings is 2. The highest BCUT2D eigenvalue weighted by Gasteiger charge is 2.47. The second-order valence-corrected chi connectivity index (χ2v) is 10.4. The van der Waals surface area contributed by atoms with Crippen LogP contribution in [0.25, 0.3) is 0 Å². The summed E-state index contributed by atoms with van der Waals surface area (Å²) in [5.41, 5.74) is 8.31. The van der Waals surface area contributed by atoms with Gasteiger partial charge in [0.2, 0.25) is 0 Å². The molecule has 0 atom stereocenters. The number of nitrogens with two attached hydrogens (primary N) is 1.